The number of ether oxygens (including phenoxy) is 1. The van der Waals surface area contributed by atoms with Crippen LogP contribution in [-0.4, -0.2) is 11.1 Å². The Morgan fingerprint density at radius 1 is 1.15 bits per heavy atom. The van der Waals surface area contributed by atoms with Gasteiger partial charge in [0, 0.05) is 11.8 Å². The average molecular weight is 271 g/mol. The van der Waals surface area contributed by atoms with Gasteiger partial charge in [-0.3, -0.25) is 0 Å². The minimum absolute atomic E-state index is 0.0771. The van der Waals surface area contributed by atoms with Gasteiger partial charge in [-0.2, -0.15) is 0 Å². The van der Waals surface area contributed by atoms with Gasteiger partial charge in [0.1, 0.15) is 11.5 Å². The van der Waals surface area contributed by atoms with Gasteiger partial charge in [0.15, 0.2) is 0 Å². The molecule has 0 bridgehead atoms. The molecule has 20 heavy (non-hydrogen) atoms. The van der Waals surface area contributed by atoms with Crippen LogP contribution in [0.25, 0.3) is 0 Å². The first-order valence-electron chi connectivity index (χ1n) is 6.38. The van der Waals surface area contributed by atoms with Crippen molar-refractivity contribution in [2.45, 2.75) is 19.8 Å². The van der Waals surface area contributed by atoms with Gasteiger partial charge in [-0.15, -0.1) is 0 Å². The monoisotopic (exact) mass is 271 g/mol. The van der Waals surface area contributed by atoms with E-state index >= 15 is 0 Å². The maximum Gasteiger partial charge on any atom is 0.337 e. The van der Waals surface area contributed by atoms with Gasteiger partial charge < -0.3 is 15.6 Å². The van der Waals surface area contributed by atoms with Gasteiger partial charge in [0.25, 0.3) is 0 Å². The first-order chi connectivity index (χ1) is 9.47. The highest BCUT2D eigenvalue weighted by atomic mass is 16.5. The zero-order valence-electron chi connectivity index (χ0n) is 11.5. The number of anilines is 1. The van der Waals surface area contributed by atoms with Crippen LogP contribution in [0.5, 0.6) is 11.5 Å². The molecule has 0 saturated carbocycles. The molecule has 0 aliphatic carbocycles. The van der Waals surface area contributed by atoms with E-state index in [1.807, 2.05) is 24.3 Å². The Kier molecular flexibility index (Phi) is 3.94. The molecule has 2 aromatic rings. The van der Waals surface area contributed by atoms with Crippen molar-refractivity contribution in [2.24, 2.45) is 0 Å². The molecule has 0 atom stereocenters. The van der Waals surface area contributed by atoms with Crippen molar-refractivity contribution in [1.29, 1.82) is 0 Å². The molecule has 104 valence electrons. The molecule has 2 aromatic carbocycles. The van der Waals surface area contributed by atoms with E-state index in [1.165, 1.54) is 17.7 Å². The number of carbonyl (C=O) groups is 1. The topological polar surface area (TPSA) is 72.5 Å². The normalized spacial score (nSPS) is 10.6. The highest BCUT2D eigenvalue weighted by molar-refractivity contribution is 5.93. The lowest BCUT2D eigenvalue weighted by Gasteiger charge is -2.10. The number of benzene rings is 2. The molecule has 2 rings (SSSR count). The minimum atomic E-state index is -1.05. The predicted molar refractivity (Wildman–Crippen MR) is 78.4 cm³/mol. The Labute approximate surface area is 117 Å². The standard InChI is InChI=1S/C16H17NO3/c1-10(2)11-4-3-5-12(8-11)20-13-6-7-14(16(18)19)15(17)9-13/h3-10H,17H2,1-2H3,(H,18,19). The summed E-state index contributed by atoms with van der Waals surface area (Å²) in [7, 11) is 0. The Hall–Kier alpha value is -2.49. The zero-order valence-corrected chi connectivity index (χ0v) is 11.5. The summed E-state index contributed by atoms with van der Waals surface area (Å²) in [6.07, 6.45) is 0. The molecular formula is C16H17NO3. The van der Waals surface area contributed by atoms with Gasteiger partial charge in [0.05, 0.1) is 5.56 Å². The Bertz CT molecular complexity index is 635. The van der Waals surface area contributed by atoms with Crippen LogP contribution < -0.4 is 10.5 Å². The lowest BCUT2D eigenvalue weighted by molar-refractivity contribution is 0.0698. The molecule has 0 unspecified atom stereocenters. The summed E-state index contributed by atoms with van der Waals surface area (Å²) < 4.78 is 5.71. The fourth-order valence-electron chi connectivity index (χ4n) is 1.87. The quantitative estimate of drug-likeness (QED) is 0.828. The lowest BCUT2D eigenvalue weighted by atomic mass is 10.0. The van der Waals surface area contributed by atoms with Gasteiger partial charge in [-0.25, -0.2) is 4.79 Å². The van der Waals surface area contributed by atoms with Crippen LogP contribution in [0.4, 0.5) is 5.69 Å². The van der Waals surface area contributed by atoms with Crippen LogP contribution in [0.3, 0.4) is 0 Å². The maximum atomic E-state index is 10.9. The van der Waals surface area contributed by atoms with E-state index in [4.69, 9.17) is 15.6 Å². The van der Waals surface area contributed by atoms with Crippen molar-refractivity contribution < 1.29 is 14.6 Å². The zero-order chi connectivity index (χ0) is 14.7. The fourth-order valence-corrected chi connectivity index (χ4v) is 1.87. The molecule has 4 nitrogen and oxygen atoms in total. The molecule has 0 aliphatic heterocycles. The predicted octanol–water partition coefficient (Wildman–Crippen LogP) is 3.88. The third-order valence-electron chi connectivity index (χ3n) is 3.01. The summed E-state index contributed by atoms with van der Waals surface area (Å²) in [6, 6.07) is 12.4. The number of rotatable bonds is 4. The van der Waals surface area contributed by atoms with Crippen molar-refractivity contribution in [2.75, 3.05) is 5.73 Å². The molecule has 0 radical (unpaired) electrons. The number of nitrogens with two attached hydrogens (primary N) is 1. The first kappa shape index (κ1) is 13.9. The van der Waals surface area contributed by atoms with Gasteiger partial charge >= 0.3 is 5.97 Å². The number of carboxylic acids is 1. The third kappa shape index (κ3) is 3.09. The maximum absolute atomic E-state index is 10.9. The summed E-state index contributed by atoms with van der Waals surface area (Å²) in [5, 5.41) is 8.92. The number of nitrogen functional groups attached to an aromatic ring is 1. The highest BCUT2D eigenvalue weighted by Crippen LogP contribution is 2.27. The molecule has 0 aliphatic rings. The van der Waals surface area contributed by atoms with Crippen LogP contribution in [0.1, 0.15) is 35.7 Å². The second-order valence-electron chi connectivity index (χ2n) is 4.88. The number of hydrogen-bond donors (Lipinski definition) is 2. The van der Waals surface area contributed by atoms with Gasteiger partial charge in [-0.1, -0.05) is 26.0 Å². The second-order valence-corrected chi connectivity index (χ2v) is 4.88. The smallest absolute Gasteiger partial charge is 0.337 e. The summed E-state index contributed by atoms with van der Waals surface area (Å²) >= 11 is 0. The molecule has 0 saturated heterocycles. The van der Waals surface area contributed by atoms with Crippen molar-refractivity contribution in [3.05, 3.63) is 53.6 Å². The van der Waals surface area contributed by atoms with E-state index < -0.39 is 5.97 Å². The molecule has 0 heterocycles. The van der Waals surface area contributed by atoms with Crippen LogP contribution in [0.2, 0.25) is 0 Å². The van der Waals surface area contributed by atoms with E-state index in [-0.39, 0.29) is 11.3 Å². The van der Waals surface area contributed by atoms with Crippen LogP contribution in [0, 0.1) is 0 Å². The average Bonchev–Trinajstić information content (AvgIpc) is 2.38. The van der Waals surface area contributed by atoms with Crippen LogP contribution in [-0.2, 0) is 0 Å². The van der Waals surface area contributed by atoms with E-state index in [0.29, 0.717) is 17.4 Å². The number of carboxylic acid groups (broad SMARTS) is 1. The van der Waals surface area contributed by atoms with E-state index in [9.17, 15) is 4.79 Å². The summed E-state index contributed by atoms with van der Waals surface area (Å²) in [5.41, 5.74) is 7.14. The van der Waals surface area contributed by atoms with E-state index in [0.717, 1.165) is 0 Å². The minimum Gasteiger partial charge on any atom is -0.478 e. The Morgan fingerprint density at radius 3 is 2.45 bits per heavy atom. The highest BCUT2D eigenvalue weighted by Gasteiger charge is 2.09. The molecule has 0 amide bonds. The third-order valence-corrected chi connectivity index (χ3v) is 3.01. The van der Waals surface area contributed by atoms with Crippen molar-refractivity contribution in [1.82, 2.24) is 0 Å². The van der Waals surface area contributed by atoms with Gasteiger partial charge in [-0.05, 0) is 35.7 Å². The van der Waals surface area contributed by atoms with Crippen molar-refractivity contribution in [3.63, 3.8) is 0 Å². The Morgan fingerprint density at radius 2 is 1.85 bits per heavy atom. The summed E-state index contributed by atoms with van der Waals surface area (Å²) in [4.78, 5) is 10.9. The molecular weight excluding hydrogens is 254 g/mol. The van der Waals surface area contributed by atoms with Crippen molar-refractivity contribution in [3.8, 4) is 11.5 Å². The van der Waals surface area contributed by atoms with Crippen molar-refractivity contribution >= 4 is 11.7 Å². The summed E-state index contributed by atoms with van der Waals surface area (Å²) in [5.74, 6) is 0.598. The molecule has 0 aromatic heterocycles. The number of hydrogen-bond acceptors (Lipinski definition) is 3. The molecule has 3 N–H and O–H groups in total. The van der Waals surface area contributed by atoms with Crippen LogP contribution in [0.15, 0.2) is 42.5 Å². The lowest BCUT2D eigenvalue weighted by Crippen LogP contribution is -2.02. The first-order valence-corrected chi connectivity index (χ1v) is 6.38. The largest absolute Gasteiger partial charge is 0.478 e. The summed E-state index contributed by atoms with van der Waals surface area (Å²) in [6.45, 7) is 4.22. The van der Waals surface area contributed by atoms with E-state index in [2.05, 4.69) is 13.8 Å². The fraction of sp³-hybridized carbons (Fsp3) is 0.188. The SMILES string of the molecule is CC(C)c1cccc(Oc2ccc(C(=O)O)c(N)c2)c1. The van der Waals surface area contributed by atoms with Crippen LogP contribution >= 0.6 is 0 Å². The second kappa shape index (κ2) is 5.65. The molecule has 4 heteroatoms. The molecule has 0 fully saturated rings. The van der Waals surface area contributed by atoms with Gasteiger partial charge in [0.2, 0.25) is 0 Å². The molecule has 0 spiro atoms. The number of aromatic carboxylic acids is 1. The van der Waals surface area contributed by atoms with E-state index in [1.54, 1.807) is 6.07 Å². The Balaban J connectivity index is 2.24.